The maximum atomic E-state index is 6.06. The van der Waals surface area contributed by atoms with Gasteiger partial charge in [0.25, 0.3) is 0 Å². The van der Waals surface area contributed by atoms with E-state index in [1.165, 1.54) is 19.3 Å². The van der Waals surface area contributed by atoms with Crippen molar-refractivity contribution >= 4 is 37.9 Å². The SMILES string of the molecule is Brc1ccc2c(c1)oc1cc(-c3cnc(C4CC5(CC5)CN4)[nH]3)ccc12. The molecule has 4 aromatic rings. The summed E-state index contributed by atoms with van der Waals surface area (Å²) in [7, 11) is 0. The third-order valence-electron chi connectivity index (χ3n) is 5.99. The van der Waals surface area contributed by atoms with Crippen LogP contribution in [0.25, 0.3) is 33.2 Å². The summed E-state index contributed by atoms with van der Waals surface area (Å²) >= 11 is 3.51. The summed E-state index contributed by atoms with van der Waals surface area (Å²) in [5.74, 6) is 1.05. The Morgan fingerprint density at radius 1 is 1.08 bits per heavy atom. The maximum absolute atomic E-state index is 6.06. The van der Waals surface area contributed by atoms with E-state index in [1.807, 2.05) is 18.3 Å². The lowest BCUT2D eigenvalue weighted by atomic mass is 10.0. The lowest BCUT2D eigenvalue weighted by Crippen LogP contribution is -2.15. The second kappa shape index (κ2) is 5.21. The minimum absolute atomic E-state index is 0.360. The fraction of sp³-hybridized carbons (Fsp3) is 0.286. The molecule has 1 unspecified atom stereocenters. The highest BCUT2D eigenvalue weighted by atomic mass is 79.9. The van der Waals surface area contributed by atoms with Crippen molar-refractivity contribution in [3.05, 3.63) is 52.9 Å². The van der Waals surface area contributed by atoms with Gasteiger partial charge in [-0.25, -0.2) is 4.98 Å². The van der Waals surface area contributed by atoms with Crippen molar-refractivity contribution in [2.24, 2.45) is 5.41 Å². The molecule has 1 aliphatic heterocycles. The number of hydrogen-bond acceptors (Lipinski definition) is 3. The molecule has 6 rings (SSSR count). The van der Waals surface area contributed by atoms with E-state index in [0.29, 0.717) is 11.5 Å². The number of benzene rings is 2. The van der Waals surface area contributed by atoms with Gasteiger partial charge in [-0.1, -0.05) is 22.0 Å². The first-order chi connectivity index (χ1) is 12.7. The number of nitrogens with one attached hydrogen (secondary N) is 2. The van der Waals surface area contributed by atoms with Gasteiger partial charge in [-0.15, -0.1) is 0 Å². The van der Waals surface area contributed by atoms with Gasteiger partial charge in [0.15, 0.2) is 0 Å². The Kier molecular flexibility index (Phi) is 3.00. The van der Waals surface area contributed by atoms with Crippen LogP contribution in [0, 0.1) is 5.41 Å². The molecule has 0 radical (unpaired) electrons. The molecule has 1 saturated heterocycles. The number of fused-ring (bicyclic) bond motifs is 3. The van der Waals surface area contributed by atoms with Gasteiger partial charge in [-0.05, 0) is 55.0 Å². The molecule has 0 amide bonds. The number of aromatic nitrogens is 2. The lowest BCUT2D eigenvalue weighted by Gasteiger charge is -2.06. The molecule has 2 aromatic carbocycles. The van der Waals surface area contributed by atoms with Crippen molar-refractivity contribution in [2.45, 2.75) is 25.3 Å². The monoisotopic (exact) mass is 407 g/mol. The highest BCUT2D eigenvalue weighted by Gasteiger charge is 2.49. The molecule has 2 aromatic heterocycles. The molecule has 2 aliphatic rings. The molecule has 1 aliphatic carbocycles. The van der Waals surface area contributed by atoms with Gasteiger partial charge in [0.05, 0.1) is 17.9 Å². The van der Waals surface area contributed by atoms with Gasteiger partial charge in [0, 0.05) is 27.4 Å². The number of furan rings is 1. The van der Waals surface area contributed by atoms with Gasteiger partial charge in [-0.2, -0.15) is 0 Å². The van der Waals surface area contributed by atoms with E-state index in [9.17, 15) is 0 Å². The molecule has 0 bridgehead atoms. The lowest BCUT2D eigenvalue weighted by molar-refractivity contribution is 0.543. The molecule has 1 atom stereocenters. The van der Waals surface area contributed by atoms with Crippen LogP contribution in [-0.2, 0) is 0 Å². The van der Waals surface area contributed by atoms with Gasteiger partial charge in [0.1, 0.15) is 17.0 Å². The van der Waals surface area contributed by atoms with Crippen molar-refractivity contribution in [3.8, 4) is 11.3 Å². The predicted molar refractivity (Wildman–Crippen MR) is 106 cm³/mol. The van der Waals surface area contributed by atoms with Crippen molar-refractivity contribution in [1.82, 2.24) is 15.3 Å². The number of imidazole rings is 1. The number of aromatic amines is 1. The Morgan fingerprint density at radius 3 is 2.69 bits per heavy atom. The van der Waals surface area contributed by atoms with Gasteiger partial charge < -0.3 is 14.7 Å². The largest absolute Gasteiger partial charge is 0.456 e. The highest BCUT2D eigenvalue weighted by Crippen LogP contribution is 2.54. The zero-order valence-corrected chi connectivity index (χ0v) is 15.8. The molecule has 1 spiro atoms. The average Bonchev–Trinajstić information content (AvgIpc) is 3.01. The van der Waals surface area contributed by atoms with E-state index >= 15 is 0 Å². The fourth-order valence-electron chi connectivity index (χ4n) is 4.25. The topological polar surface area (TPSA) is 53.9 Å². The van der Waals surface area contributed by atoms with E-state index in [4.69, 9.17) is 4.42 Å². The molecular formula is C21H18BrN3O. The number of nitrogens with zero attached hydrogens (tertiary/aromatic N) is 1. The first-order valence-electron chi connectivity index (χ1n) is 9.10. The van der Waals surface area contributed by atoms with Crippen molar-refractivity contribution in [2.75, 3.05) is 6.54 Å². The first kappa shape index (κ1) is 15.0. The Balaban J connectivity index is 1.38. The van der Waals surface area contributed by atoms with Gasteiger partial charge >= 0.3 is 0 Å². The second-order valence-corrected chi connectivity index (χ2v) is 8.69. The number of rotatable bonds is 2. The van der Waals surface area contributed by atoms with E-state index in [1.54, 1.807) is 0 Å². The predicted octanol–water partition coefficient (Wildman–Crippen LogP) is 5.55. The van der Waals surface area contributed by atoms with Crippen LogP contribution in [0.5, 0.6) is 0 Å². The second-order valence-electron chi connectivity index (χ2n) is 7.77. The summed E-state index contributed by atoms with van der Waals surface area (Å²) in [5.41, 5.74) is 4.53. The standard InChI is InChI=1S/C21H18BrN3O/c22-13-2-4-15-14-3-1-12(7-18(14)26-19(15)8-13)17-10-23-20(25-17)16-9-21(5-6-21)11-24-16/h1-4,7-8,10,16,24H,5-6,9,11H2,(H,23,25). The van der Waals surface area contributed by atoms with Crippen LogP contribution in [0.3, 0.4) is 0 Å². The third-order valence-corrected chi connectivity index (χ3v) is 6.48. The fourth-order valence-corrected chi connectivity index (χ4v) is 4.59. The quantitative estimate of drug-likeness (QED) is 0.457. The Hall–Kier alpha value is -2.11. The van der Waals surface area contributed by atoms with Crippen LogP contribution in [-0.4, -0.2) is 16.5 Å². The summed E-state index contributed by atoms with van der Waals surface area (Å²) in [6.07, 6.45) is 5.87. The smallest absolute Gasteiger partial charge is 0.136 e. The summed E-state index contributed by atoms with van der Waals surface area (Å²) in [6.45, 7) is 1.13. The Morgan fingerprint density at radius 2 is 1.88 bits per heavy atom. The van der Waals surface area contributed by atoms with Crippen LogP contribution in [0.15, 0.2) is 51.5 Å². The molecule has 2 N–H and O–H groups in total. The Labute approximate surface area is 159 Å². The van der Waals surface area contributed by atoms with E-state index in [2.05, 4.69) is 55.5 Å². The van der Waals surface area contributed by atoms with Crippen molar-refractivity contribution in [3.63, 3.8) is 0 Å². The average molecular weight is 408 g/mol. The molecule has 3 heterocycles. The molecule has 4 nitrogen and oxygen atoms in total. The minimum Gasteiger partial charge on any atom is -0.456 e. The molecular weight excluding hydrogens is 390 g/mol. The number of H-pyrrole nitrogens is 1. The van der Waals surface area contributed by atoms with Gasteiger partial charge in [0.2, 0.25) is 0 Å². The number of halogens is 1. The van der Waals surface area contributed by atoms with Crippen LogP contribution in [0.4, 0.5) is 0 Å². The van der Waals surface area contributed by atoms with Crippen LogP contribution in [0.1, 0.15) is 31.1 Å². The molecule has 5 heteroatoms. The first-order valence-corrected chi connectivity index (χ1v) is 9.89. The van der Waals surface area contributed by atoms with E-state index < -0.39 is 0 Å². The summed E-state index contributed by atoms with van der Waals surface area (Å²) < 4.78 is 7.09. The van der Waals surface area contributed by atoms with Crippen LogP contribution in [0.2, 0.25) is 0 Å². The van der Waals surface area contributed by atoms with E-state index in [-0.39, 0.29) is 0 Å². The molecule has 2 fully saturated rings. The van der Waals surface area contributed by atoms with Crippen LogP contribution < -0.4 is 5.32 Å². The van der Waals surface area contributed by atoms with Gasteiger partial charge in [-0.3, -0.25) is 0 Å². The minimum atomic E-state index is 0.360. The Bertz CT molecular complexity index is 1150. The van der Waals surface area contributed by atoms with Crippen LogP contribution >= 0.6 is 15.9 Å². The molecule has 130 valence electrons. The zero-order chi connectivity index (χ0) is 17.3. The zero-order valence-electron chi connectivity index (χ0n) is 14.2. The highest BCUT2D eigenvalue weighted by molar-refractivity contribution is 9.10. The normalized spacial score (nSPS) is 21.2. The van der Waals surface area contributed by atoms with Crippen molar-refractivity contribution in [1.29, 1.82) is 0 Å². The summed E-state index contributed by atoms with van der Waals surface area (Å²) in [4.78, 5) is 8.17. The summed E-state index contributed by atoms with van der Waals surface area (Å²) in [6, 6.07) is 12.9. The summed E-state index contributed by atoms with van der Waals surface area (Å²) in [5, 5.41) is 5.91. The van der Waals surface area contributed by atoms with Crippen molar-refractivity contribution < 1.29 is 4.42 Å². The third kappa shape index (κ3) is 2.27. The molecule has 1 saturated carbocycles. The number of hydrogen-bond donors (Lipinski definition) is 2. The van der Waals surface area contributed by atoms with E-state index in [0.717, 1.165) is 50.0 Å². The maximum Gasteiger partial charge on any atom is 0.136 e. The molecule has 26 heavy (non-hydrogen) atoms.